The fraction of sp³-hybridized carbons (Fsp3) is 0.583. The number of rotatable bonds is 13. The number of unbranched alkanes of at least 4 members (excludes halogenated alkanes) is 1. The van der Waals surface area contributed by atoms with Crippen molar-refractivity contribution in [1.29, 1.82) is 0 Å². The number of allylic oxidation sites excluding steroid dienone is 2. The summed E-state index contributed by atoms with van der Waals surface area (Å²) in [6, 6.07) is 10.2. The van der Waals surface area contributed by atoms with Crippen LogP contribution in [0.2, 0.25) is 0 Å². The molecule has 0 heterocycles. The summed E-state index contributed by atoms with van der Waals surface area (Å²) < 4.78 is 0. The number of carboxylic acid groups (broad SMARTS) is 1. The van der Waals surface area contributed by atoms with Gasteiger partial charge in [-0.3, -0.25) is 4.79 Å². The Hall–Kier alpha value is -2.18. The molecular weight excluding hydrogens is 382 g/mol. The Kier molecular flexibility index (Phi) is 10.6. The monoisotopic (exact) mass is 417 g/mol. The number of aliphatic hydroxyl groups is 2. The zero-order valence-electron chi connectivity index (χ0n) is 17.6. The molecule has 0 aromatic heterocycles. The number of hydrogen-bond donors (Lipinski definition) is 4. The second-order valence-corrected chi connectivity index (χ2v) is 8.24. The average molecular weight is 418 g/mol. The predicted octanol–water partition coefficient (Wildman–Crippen LogP) is 4.18. The highest BCUT2D eigenvalue weighted by Gasteiger charge is 2.39. The van der Waals surface area contributed by atoms with Gasteiger partial charge in [0.2, 0.25) is 0 Å². The van der Waals surface area contributed by atoms with Gasteiger partial charge in [0.05, 0.1) is 17.9 Å². The fourth-order valence-corrected chi connectivity index (χ4v) is 4.29. The quantitative estimate of drug-likeness (QED) is 0.167. The number of hydrogen-bond acceptors (Lipinski definition) is 5. The van der Waals surface area contributed by atoms with E-state index in [9.17, 15) is 20.2 Å². The van der Waals surface area contributed by atoms with Gasteiger partial charge in [-0.2, -0.15) is 0 Å². The summed E-state index contributed by atoms with van der Waals surface area (Å²) >= 11 is 0. The summed E-state index contributed by atoms with van der Waals surface area (Å²) in [6.45, 7) is 0. The molecule has 0 spiro atoms. The van der Waals surface area contributed by atoms with E-state index in [4.69, 9.17) is 5.11 Å². The molecular formula is C24H35NO5. The van der Waals surface area contributed by atoms with Gasteiger partial charge in [0.1, 0.15) is 0 Å². The molecule has 1 aliphatic rings. The number of aliphatic carboxylic acids is 1. The third kappa shape index (κ3) is 8.28. The van der Waals surface area contributed by atoms with Crippen LogP contribution in [0.25, 0.3) is 0 Å². The van der Waals surface area contributed by atoms with Crippen molar-refractivity contribution < 1.29 is 25.3 Å². The van der Waals surface area contributed by atoms with Gasteiger partial charge in [0.15, 0.2) is 0 Å². The minimum absolute atomic E-state index is 0.0388. The first-order valence-electron chi connectivity index (χ1n) is 11.0. The first-order valence-corrected chi connectivity index (χ1v) is 11.0. The lowest BCUT2D eigenvalue weighted by Gasteiger charge is -2.21. The van der Waals surface area contributed by atoms with Crippen LogP contribution < -0.4 is 0 Å². The lowest BCUT2D eigenvalue weighted by molar-refractivity contribution is -0.137. The molecule has 1 saturated carbocycles. The summed E-state index contributed by atoms with van der Waals surface area (Å²) in [7, 11) is 0. The Labute approximate surface area is 178 Å². The van der Waals surface area contributed by atoms with Crippen molar-refractivity contribution in [1.82, 2.24) is 0 Å². The third-order valence-electron chi connectivity index (χ3n) is 5.98. The lowest BCUT2D eigenvalue weighted by atomic mass is 9.86. The van der Waals surface area contributed by atoms with Gasteiger partial charge in [0.25, 0.3) is 0 Å². The molecule has 0 aliphatic heterocycles. The summed E-state index contributed by atoms with van der Waals surface area (Å²) in [5, 5.41) is 42.2. The maximum atomic E-state index is 10.5. The molecule has 1 unspecified atom stereocenters. The van der Waals surface area contributed by atoms with Crippen LogP contribution in [0.1, 0.15) is 63.4 Å². The first-order chi connectivity index (χ1) is 14.5. The molecule has 1 fully saturated rings. The Morgan fingerprint density at radius 2 is 1.93 bits per heavy atom. The van der Waals surface area contributed by atoms with Crippen molar-refractivity contribution in [2.24, 2.45) is 17.0 Å². The van der Waals surface area contributed by atoms with E-state index in [1.807, 2.05) is 30.4 Å². The molecule has 2 rings (SSSR count). The number of aliphatic hydroxyl groups excluding tert-OH is 2. The van der Waals surface area contributed by atoms with E-state index in [0.717, 1.165) is 19.3 Å². The smallest absolute Gasteiger partial charge is 0.303 e. The lowest BCUT2D eigenvalue weighted by Crippen LogP contribution is -2.22. The molecule has 1 aromatic carbocycles. The van der Waals surface area contributed by atoms with Gasteiger partial charge < -0.3 is 20.5 Å². The molecule has 0 bridgehead atoms. The summed E-state index contributed by atoms with van der Waals surface area (Å²) in [6.07, 6.45) is 9.33. The molecule has 0 radical (unpaired) electrons. The Morgan fingerprint density at radius 3 is 2.63 bits per heavy atom. The van der Waals surface area contributed by atoms with E-state index >= 15 is 0 Å². The number of oxime groups is 1. The third-order valence-corrected chi connectivity index (χ3v) is 5.98. The zero-order valence-corrected chi connectivity index (χ0v) is 17.6. The minimum Gasteiger partial charge on any atom is -0.481 e. The molecule has 0 saturated heterocycles. The second-order valence-electron chi connectivity index (χ2n) is 8.24. The van der Waals surface area contributed by atoms with E-state index in [0.29, 0.717) is 44.2 Å². The first kappa shape index (κ1) is 24.1. The molecule has 30 heavy (non-hydrogen) atoms. The maximum absolute atomic E-state index is 10.5. The molecule has 0 amide bonds. The molecule has 6 nitrogen and oxygen atoms in total. The fourth-order valence-electron chi connectivity index (χ4n) is 4.29. The highest BCUT2D eigenvalue weighted by molar-refractivity contribution is 5.89. The van der Waals surface area contributed by atoms with Crippen molar-refractivity contribution in [2.45, 2.75) is 76.4 Å². The molecule has 4 atom stereocenters. The molecule has 166 valence electrons. The maximum Gasteiger partial charge on any atom is 0.303 e. The predicted molar refractivity (Wildman–Crippen MR) is 117 cm³/mol. The van der Waals surface area contributed by atoms with Gasteiger partial charge in [-0.05, 0) is 62.8 Å². The van der Waals surface area contributed by atoms with Crippen molar-refractivity contribution >= 4 is 11.7 Å². The average Bonchev–Trinajstić information content (AvgIpc) is 3.04. The topological polar surface area (TPSA) is 110 Å². The molecule has 1 aromatic rings. The standard InChI is InChI=1S/C24H35NO5/c26-19(12-8-11-18-9-4-3-5-10-18)15-16-20-21(23(27)17-22(20)25-30)13-6-1-2-7-14-24(28)29/h1,3-6,9-10,19-21,23,26-27,30H,2,7-8,11-17H2,(H,28,29)/b6-1-,25-22-/t19?,20-,21-,23+/m1/s1. The van der Waals surface area contributed by atoms with E-state index in [1.165, 1.54) is 5.56 Å². The molecule has 1 aliphatic carbocycles. The van der Waals surface area contributed by atoms with Crippen LogP contribution in [0.4, 0.5) is 0 Å². The summed E-state index contributed by atoms with van der Waals surface area (Å²) in [5.41, 5.74) is 1.89. The SMILES string of the molecule is O=C(O)CCC/C=C\C[C@H]1[C@@H](O)C/C(=N/O)[C@@H]1CCC(O)CCCc1ccccc1. The number of nitrogens with zero attached hydrogens (tertiary/aromatic N) is 1. The highest BCUT2D eigenvalue weighted by Crippen LogP contribution is 2.36. The van der Waals surface area contributed by atoms with Gasteiger partial charge >= 0.3 is 5.97 Å². The van der Waals surface area contributed by atoms with Crippen molar-refractivity contribution in [2.75, 3.05) is 0 Å². The van der Waals surface area contributed by atoms with Crippen molar-refractivity contribution in [3.8, 4) is 0 Å². The van der Waals surface area contributed by atoms with Crippen LogP contribution in [0.15, 0.2) is 47.6 Å². The largest absolute Gasteiger partial charge is 0.481 e. The normalized spacial score (nSPS) is 23.9. The number of aryl methyl sites for hydroxylation is 1. The van der Waals surface area contributed by atoms with Crippen molar-refractivity contribution in [3.05, 3.63) is 48.0 Å². The molecule has 4 N–H and O–H groups in total. The van der Waals surface area contributed by atoms with E-state index in [2.05, 4.69) is 17.3 Å². The van der Waals surface area contributed by atoms with Gasteiger partial charge in [-0.1, -0.05) is 47.6 Å². The van der Waals surface area contributed by atoms with Gasteiger partial charge in [0, 0.05) is 18.8 Å². The molecule has 6 heteroatoms. The van der Waals surface area contributed by atoms with E-state index in [1.54, 1.807) is 0 Å². The van der Waals surface area contributed by atoms with Crippen LogP contribution in [0, 0.1) is 11.8 Å². The number of carbonyl (C=O) groups is 1. The van der Waals surface area contributed by atoms with Crippen LogP contribution >= 0.6 is 0 Å². The minimum atomic E-state index is -0.791. The zero-order chi connectivity index (χ0) is 21.8. The van der Waals surface area contributed by atoms with E-state index in [-0.39, 0.29) is 18.3 Å². The Morgan fingerprint density at radius 1 is 1.17 bits per heavy atom. The van der Waals surface area contributed by atoms with Crippen LogP contribution in [-0.2, 0) is 11.2 Å². The Bertz CT molecular complexity index is 688. The van der Waals surface area contributed by atoms with Crippen LogP contribution in [0.3, 0.4) is 0 Å². The van der Waals surface area contributed by atoms with Crippen LogP contribution in [-0.4, -0.2) is 44.4 Å². The van der Waals surface area contributed by atoms with Gasteiger partial charge in [-0.15, -0.1) is 0 Å². The van der Waals surface area contributed by atoms with Crippen molar-refractivity contribution in [3.63, 3.8) is 0 Å². The summed E-state index contributed by atoms with van der Waals surface area (Å²) in [4.78, 5) is 10.5. The van der Waals surface area contributed by atoms with Gasteiger partial charge in [-0.25, -0.2) is 0 Å². The number of carboxylic acids is 1. The summed E-state index contributed by atoms with van der Waals surface area (Å²) in [5.74, 6) is -0.874. The highest BCUT2D eigenvalue weighted by atomic mass is 16.4. The number of benzene rings is 1. The van der Waals surface area contributed by atoms with E-state index < -0.39 is 18.2 Å². The Balaban J connectivity index is 1.77. The second kappa shape index (κ2) is 13.2. The van der Waals surface area contributed by atoms with Crippen LogP contribution in [0.5, 0.6) is 0 Å².